The van der Waals surface area contributed by atoms with E-state index >= 15 is 0 Å². The molecule has 8 aromatic carbocycles. The van der Waals surface area contributed by atoms with Gasteiger partial charge < -0.3 is 9.13 Å². The molecule has 0 fully saturated rings. The molecule has 4 aromatic heterocycles. The summed E-state index contributed by atoms with van der Waals surface area (Å²) in [5, 5.41) is 19.8. The summed E-state index contributed by atoms with van der Waals surface area (Å²) in [6, 6.07) is 53.3. The van der Waals surface area contributed by atoms with Gasteiger partial charge >= 0.3 is 6.18 Å². The van der Waals surface area contributed by atoms with E-state index in [9.17, 15) is 18.4 Å². The van der Waals surface area contributed by atoms with Gasteiger partial charge in [0.15, 0.2) is 0 Å². The number of halogens is 3. The molecule has 274 valence electrons. The maximum Gasteiger partial charge on any atom is 0.417 e. The number of alkyl halides is 3. The third kappa shape index (κ3) is 4.54. The molecule has 0 saturated carbocycles. The molecule has 58 heavy (non-hydrogen) atoms. The lowest BCUT2D eigenvalue weighted by atomic mass is 9.95. The Balaban J connectivity index is 1.32. The van der Waals surface area contributed by atoms with Gasteiger partial charge in [0.1, 0.15) is 11.6 Å². The van der Waals surface area contributed by atoms with Gasteiger partial charge in [0.05, 0.1) is 39.0 Å². The van der Waals surface area contributed by atoms with Crippen molar-refractivity contribution in [3.63, 3.8) is 0 Å². The van der Waals surface area contributed by atoms with Crippen molar-refractivity contribution in [2.24, 2.45) is 0 Å². The van der Waals surface area contributed by atoms with Crippen molar-refractivity contribution in [1.82, 2.24) is 9.13 Å². The molecule has 12 rings (SSSR count). The molecule has 0 bridgehead atoms. The van der Waals surface area contributed by atoms with E-state index in [-0.39, 0.29) is 5.56 Å². The van der Waals surface area contributed by atoms with Crippen LogP contribution in [-0.4, -0.2) is 9.13 Å². The molecule has 0 saturated heterocycles. The van der Waals surface area contributed by atoms with Crippen LogP contribution in [0.5, 0.6) is 0 Å². The van der Waals surface area contributed by atoms with Crippen LogP contribution >= 0.6 is 22.7 Å². The average Bonchev–Trinajstić information content (AvgIpc) is 4.00. The van der Waals surface area contributed by atoms with Gasteiger partial charge in [-0.2, -0.15) is 18.4 Å². The van der Waals surface area contributed by atoms with Gasteiger partial charge in [0.25, 0.3) is 0 Å². The first-order valence-electron chi connectivity index (χ1n) is 18.8. The van der Waals surface area contributed by atoms with Gasteiger partial charge in [0.2, 0.25) is 0 Å². The third-order valence-corrected chi connectivity index (χ3v) is 13.9. The summed E-state index contributed by atoms with van der Waals surface area (Å²) in [7, 11) is 0. The first kappa shape index (κ1) is 33.2. The molecule has 0 amide bonds. The Labute approximate surface area is 336 Å². The maximum absolute atomic E-state index is 15.0. The van der Waals surface area contributed by atoms with Gasteiger partial charge in [-0.05, 0) is 65.7 Å². The summed E-state index contributed by atoms with van der Waals surface area (Å²) in [4.78, 5) is 0. The normalized spacial score (nSPS) is 12.4. The number of hydrogen-bond acceptors (Lipinski definition) is 3. The molecule has 12 aromatic rings. The topological polar surface area (TPSA) is 33.6 Å². The lowest BCUT2D eigenvalue weighted by Crippen LogP contribution is -2.09. The van der Waals surface area contributed by atoms with Crippen molar-refractivity contribution in [1.29, 1.82) is 5.26 Å². The molecule has 3 nitrogen and oxygen atoms in total. The highest BCUT2D eigenvalue weighted by atomic mass is 32.1. The fraction of sp³-hybridized carbons (Fsp3) is 0.0200. The van der Waals surface area contributed by atoms with Crippen molar-refractivity contribution in [2.45, 2.75) is 6.18 Å². The summed E-state index contributed by atoms with van der Waals surface area (Å²) in [5.74, 6) is 0. The smallest absolute Gasteiger partial charge is 0.307 e. The predicted molar refractivity (Wildman–Crippen MR) is 236 cm³/mol. The molecule has 0 aliphatic carbocycles. The second-order valence-electron chi connectivity index (χ2n) is 14.6. The zero-order valence-electron chi connectivity index (χ0n) is 30.3. The van der Waals surface area contributed by atoms with E-state index in [2.05, 4.69) is 75.9 Å². The number of nitriles is 1. The summed E-state index contributed by atoms with van der Waals surface area (Å²) in [6.07, 6.45) is -4.62. The monoisotopic (exact) mass is 789 g/mol. The molecule has 0 unspecified atom stereocenters. The minimum Gasteiger partial charge on any atom is -0.307 e. The van der Waals surface area contributed by atoms with Gasteiger partial charge in [-0.1, -0.05) is 103 Å². The van der Waals surface area contributed by atoms with Crippen LogP contribution in [0.3, 0.4) is 0 Å². The number of para-hydroxylation sites is 2. The van der Waals surface area contributed by atoms with Crippen molar-refractivity contribution in [3.05, 3.63) is 169 Å². The second-order valence-corrected chi connectivity index (χ2v) is 16.8. The van der Waals surface area contributed by atoms with Crippen molar-refractivity contribution in [2.75, 3.05) is 0 Å². The molecular weight excluding hydrogens is 764 g/mol. The largest absolute Gasteiger partial charge is 0.417 e. The van der Waals surface area contributed by atoms with E-state index in [4.69, 9.17) is 0 Å². The van der Waals surface area contributed by atoms with Crippen LogP contribution in [0.1, 0.15) is 11.1 Å². The Kier molecular flexibility index (Phi) is 6.90. The van der Waals surface area contributed by atoms with Crippen molar-refractivity contribution in [3.8, 4) is 28.6 Å². The van der Waals surface area contributed by atoms with E-state index < -0.39 is 11.7 Å². The number of thiophene rings is 2. The number of rotatable bonds is 3. The number of hydrogen-bond donors (Lipinski definition) is 0. The van der Waals surface area contributed by atoms with Gasteiger partial charge in [-0.3, -0.25) is 0 Å². The number of fused-ring (bicyclic) bond motifs is 14. The van der Waals surface area contributed by atoms with Gasteiger partial charge in [0, 0.05) is 61.9 Å². The minimum atomic E-state index is -4.62. The third-order valence-electron chi connectivity index (χ3n) is 11.6. The van der Waals surface area contributed by atoms with E-state index in [0.717, 1.165) is 90.0 Å². The Morgan fingerprint density at radius 2 is 0.914 bits per heavy atom. The van der Waals surface area contributed by atoms with Crippen molar-refractivity contribution >= 4 is 107 Å². The highest BCUT2D eigenvalue weighted by molar-refractivity contribution is 7.26. The lowest BCUT2D eigenvalue weighted by molar-refractivity contribution is -0.137. The van der Waals surface area contributed by atoms with Gasteiger partial charge in [-0.15, -0.1) is 22.7 Å². The molecule has 0 radical (unpaired) electrons. The van der Waals surface area contributed by atoms with E-state index in [1.54, 1.807) is 40.9 Å². The summed E-state index contributed by atoms with van der Waals surface area (Å²) >= 11 is 3.41. The Morgan fingerprint density at radius 3 is 1.41 bits per heavy atom. The SMILES string of the molecule is N#Cc1c(-n2c3ccccc3c3ccc4sc5ccccc5c4c32)cc(-c2ccccc2C(F)(F)F)cc1-n1c2ccccc2c2ccc3sc4ccccc4c3c21. The number of nitrogens with zero attached hydrogens (tertiary/aromatic N) is 3. The van der Waals surface area contributed by atoms with Crippen LogP contribution in [0.2, 0.25) is 0 Å². The van der Waals surface area contributed by atoms with Gasteiger partial charge in [-0.25, -0.2) is 0 Å². The van der Waals surface area contributed by atoms with E-state index in [1.165, 1.54) is 12.1 Å². The zero-order chi connectivity index (χ0) is 38.9. The van der Waals surface area contributed by atoms with Crippen LogP contribution < -0.4 is 0 Å². The van der Waals surface area contributed by atoms with E-state index in [1.807, 2.05) is 60.7 Å². The van der Waals surface area contributed by atoms with Crippen LogP contribution in [0.25, 0.3) is 106 Å². The molecule has 0 aliphatic rings. The molecule has 0 N–H and O–H groups in total. The molecule has 8 heteroatoms. The molecular formula is C50H26F3N3S2. The number of benzene rings is 8. The van der Waals surface area contributed by atoms with Crippen LogP contribution in [0, 0.1) is 11.3 Å². The molecule has 0 spiro atoms. The summed E-state index contributed by atoms with van der Waals surface area (Å²) < 4.78 is 53.6. The van der Waals surface area contributed by atoms with Crippen LogP contribution in [0.4, 0.5) is 13.2 Å². The first-order chi connectivity index (χ1) is 28.4. The molecule has 0 atom stereocenters. The fourth-order valence-electron chi connectivity index (χ4n) is 9.25. The minimum absolute atomic E-state index is 0.0424. The Bertz CT molecular complexity index is 3550. The highest BCUT2D eigenvalue weighted by Crippen LogP contribution is 2.48. The first-order valence-corrected chi connectivity index (χ1v) is 20.4. The Hall–Kier alpha value is -6.92. The van der Waals surface area contributed by atoms with Crippen molar-refractivity contribution < 1.29 is 13.2 Å². The van der Waals surface area contributed by atoms with Crippen LogP contribution in [0.15, 0.2) is 158 Å². The predicted octanol–water partition coefficient (Wildman–Crippen LogP) is 15.2. The maximum atomic E-state index is 15.0. The highest BCUT2D eigenvalue weighted by Gasteiger charge is 2.34. The fourth-order valence-corrected chi connectivity index (χ4v) is 11.5. The zero-order valence-corrected chi connectivity index (χ0v) is 31.9. The lowest BCUT2D eigenvalue weighted by Gasteiger charge is -2.20. The Morgan fingerprint density at radius 1 is 0.466 bits per heavy atom. The molecule has 4 heterocycles. The summed E-state index contributed by atoms with van der Waals surface area (Å²) in [6.45, 7) is 0. The summed E-state index contributed by atoms with van der Waals surface area (Å²) in [5.41, 5.74) is 4.57. The standard InChI is InChI=1S/C50H26F3N3S2/c51-50(52,53)37-16-6-1-11-29(37)28-25-40(55-38-17-7-2-12-30(38)32-21-23-44-46(48(32)55)34-14-4-9-19-42(34)57-44)36(27-54)41(26-28)56-39-18-8-3-13-31(39)33-22-24-45-47(49(33)56)35-15-5-10-20-43(35)58-45/h1-26H. The molecule has 0 aliphatic heterocycles. The van der Waals surface area contributed by atoms with Crippen LogP contribution in [-0.2, 0) is 6.18 Å². The quantitative estimate of drug-likeness (QED) is 0.175. The average molecular weight is 790 g/mol. The number of aromatic nitrogens is 2. The second kappa shape index (κ2) is 12.0. The van der Waals surface area contributed by atoms with E-state index in [0.29, 0.717) is 22.5 Å².